The van der Waals surface area contributed by atoms with Gasteiger partial charge in [-0.3, -0.25) is 0 Å². The molecular weight excluding hydrogens is 224 g/mol. The molecule has 2 nitrogen and oxygen atoms in total. The molecule has 0 amide bonds. The van der Waals surface area contributed by atoms with Crippen LogP contribution in [0.2, 0.25) is 0 Å². The molecule has 4 bridgehead atoms. The van der Waals surface area contributed by atoms with Gasteiger partial charge in [-0.25, -0.2) is 0 Å². The number of ether oxygens (including phenoxy) is 2. The van der Waals surface area contributed by atoms with Gasteiger partial charge in [0.25, 0.3) is 0 Å². The molecule has 1 spiro atoms. The van der Waals surface area contributed by atoms with E-state index in [0.29, 0.717) is 22.7 Å². The molecule has 0 radical (unpaired) electrons. The molecule has 1 heterocycles. The lowest BCUT2D eigenvalue weighted by Gasteiger charge is -2.66. The zero-order chi connectivity index (χ0) is 12.6. The minimum atomic E-state index is -0.161. The van der Waals surface area contributed by atoms with Crippen molar-refractivity contribution in [3.05, 3.63) is 0 Å². The minimum Gasteiger partial charge on any atom is -0.347 e. The second kappa shape index (κ2) is 3.32. The molecule has 1 saturated heterocycles. The fourth-order valence-corrected chi connectivity index (χ4v) is 5.76. The molecule has 5 rings (SSSR count). The zero-order valence-electron chi connectivity index (χ0n) is 12.0. The van der Waals surface area contributed by atoms with Crippen LogP contribution in [-0.2, 0) is 9.47 Å². The summed E-state index contributed by atoms with van der Waals surface area (Å²) in [7, 11) is 0. The first kappa shape index (κ1) is 11.7. The Morgan fingerprint density at radius 2 is 1.44 bits per heavy atom. The maximum Gasteiger partial charge on any atom is 0.174 e. The Hall–Kier alpha value is -0.0800. The van der Waals surface area contributed by atoms with E-state index in [9.17, 15) is 0 Å². The summed E-state index contributed by atoms with van der Waals surface area (Å²) in [4.78, 5) is 0. The van der Waals surface area contributed by atoms with Gasteiger partial charge in [0, 0.05) is 11.8 Å². The molecule has 2 atom stereocenters. The van der Waals surface area contributed by atoms with Crippen molar-refractivity contribution in [1.82, 2.24) is 0 Å². The smallest absolute Gasteiger partial charge is 0.174 e. The lowest BCUT2D eigenvalue weighted by molar-refractivity contribution is -0.313. The Labute approximate surface area is 110 Å². The highest BCUT2D eigenvalue weighted by molar-refractivity contribution is 5.12. The highest BCUT2D eigenvalue weighted by Gasteiger charge is 2.66. The van der Waals surface area contributed by atoms with Crippen molar-refractivity contribution in [2.45, 2.75) is 58.7 Å². The molecule has 2 heteroatoms. The standard InChI is InChI=1S/C16H26O2/c1-14(2,3)15-8-11-6-12(9-15)16(13(7-11)10-15)17-4-5-18-16/h11-13H,4-10H2,1-3H3. The highest BCUT2D eigenvalue weighted by Crippen LogP contribution is 2.69. The molecule has 5 fully saturated rings. The van der Waals surface area contributed by atoms with E-state index in [1.807, 2.05) is 0 Å². The summed E-state index contributed by atoms with van der Waals surface area (Å²) in [5.74, 6) is 2.13. The summed E-state index contributed by atoms with van der Waals surface area (Å²) in [6.45, 7) is 8.98. The summed E-state index contributed by atoms with van der Waals surface area (Å²) >= 11 is 0. The Morgan fingerprint density at radius 3 is 1.94 bits per heavy atom. The number of hydrogen-bond donors (Lipinski definition) is 0. The second-order valence-electron chi connectivity index (χ2n) is 8.29. The van der Waals surface area contributed by atoms with Gasteiger partial charge in [0.2, 0.25) is 0 Å². The summed E-state index contributed by atoms with van der Waals surface area (Å²) in [6.07, 6.45) is 6.84. The van der Waals surface area contributed by atoms with E-state index in [1.54, 1.807) is 0 Å². The molecule has 2 unspecified atom stereocenters. The van der Waals surface area contributed by atoms with Crippen LogP contribution in [0, 0.1) is 28.6 Å². The number of rotatable bonds is 0. The van der Waals surface area contributed by atoms with Crippen molar-refractivity contribution < 1.29 is 9.47 Å². The first-order chi connectivity index (χ1) is 8.45. The molecular formula is C16H26O2. The van der Waals surface area contributed by atoms with Gasteiger partial charge in [0.15, 0.2) is 5.79 Å². The molecule has 0 aromatic carbocycles. The van der Waals surface area contributed by atoms with Gasteiger partial charge in [0.05, 0.1) is 13.2 Å². The van der Waals surface area contributed by atoms with E-state index in [-0.39, 0.29) is 5.79 Å². The molecule has 0 aromatic heterocycles. The van der Waals surface area contributed by atoms with Crippen LogP contribution >= 0.6 is 0 Å². The van der Waals surface area contributed by atoms with E-state index >= 15 is 0 Å². The van der Waals surface area contributed by atoms with Gasteiger partial charge < -0.3 is 9.47 Å². The summed E-state index contributed by atoms with van der Waals surface area (Å²) in [5, 5.41) is 0. The van der Waals surface area contributed by atoms with Crippen molar-refractivity contribution in [1.29, 1.82) is 0 Å². The third kappa shape index (κ3) is 1.27. The van der Waals surface area contributed by atoms with E-state index in [4.69, 9.17) is 9.47 Å². The largest absolute Gasteiger partial charge is 0.347 e. The normalized spacial score (nSPS) is 49.2. The third-order valence-corrected chi connectivity index (χ3v) is 6.66. The van der Waals surface area contributed by atoms with Crippen LogP contribution in [0.4, 0.5) is 0 Å². The molecule has 1 aliphatic heterocycles. The average molecular weight is 250 g/mol. The summed E-state index contributed by atoms with van der Waals surface area (Å²) in [6, 6.07) is 0. The molecule has 102 valence electrons. The lowest BCUT2D eigenvalue weighted by atomic mass is 9.42. The second-order valence-corrected chi connectivity index (χ2v) is 8.29. The molecule has 5 aliphatic rings. The van der Waals surface area contributed by atoms with Crippen LogP contribution in [0.1, 0.15) is 52.9 Å². The fourth-order valence-electron chi connectivity index (χ4n) is 5.76. The Kier molecular flexibility index (Phi) is 2.16. The Balaban J connectivity index is 1.73. The molecule has 4 saturated carbocycles. The van der Waals surface area contributed by atoms with Crippen LogP contribution < -0.4 is 0 Å². The van der Waals surface area contributed by atoms with E-state index in [2.05, 4.69) is 20.8 Å². The van der Waals surface area contributed by atoms with E-state index < -0.39 is 0 Å². The first-order valence-corrected chi connectivity index (χ1v) is 7.73. The van der Waals surface area contributed by atoms with Gasteiger partial charge in [-0.2, -0.15) is 0 Å². The molecule has 0 aromatic rings. The van der Waals surface area contributed by atoms with Crippen molar-refractivity contribution >= 4 is 0 Å². The van der Waals surface area contributed by atoms with Gasteiger partial charge in [-0.05, 0) is 48.9 Å². The summed E-state index contributed by atoms with van der Waals surface area (Å²) < 4.78 is 12.3. The van der Waals surface area contributed by atoms with Gasteiger partial charge in [-0.15, -0.1) is 0 Å². The van der Waals surface area contributed by atoms with Gasteiger partial charge >= 0.3 is 0 Å². The third-order valence-electron chi connectivity index (χ3n) is 6.66. The van der Waals surface area contributed by atoms with Crippen LogP contribution in [0.5, 0.6) is 0 Å². The predicted octanol–water partition coefficient (Wildman–Crippen LogP) is 3.60. The highest BCUT2D eigenvalue weighted by atomic mass is 16.7. The fraction of sp³-hybridized carbons (Fsp3) is 1.00. The monoisotopic (exact) mass is 250 g/mol. The van der Waals surface area contributed by atoms with Crippen molar-refractivity contribution in [3.63, 3.8) is 0 Å². The molecule has 4 aliphatic carbocycles. The quantitative estimate of drug-likeness (QED) is 0.654. The van der Waals surface area contributed by atoms with Crippen LogP contribution in [0.25, 0.3) is 0 Å². The van der Waals surface area contributed by atoms with Gasteiger partial charge in [0.1, 0.15) is 0 Å². The Morgan fingerprint density at radius 1 is 0.889 bits per heavy atom. The van der Waals surface area contributed by atoms with Crippen molar-refractivity contribution in [2.24, 2.45) is 28.6 Å². The number of hydrogen-bond acceptors (Lipinski definition) is 2. The average Bonchev–Trinajstić information content (AvgIpc) is 2.73. The first-order valence-electron chi connectivity index (χ1n) is 7.73. The minimum absolute atomic E-state index is 0.161. The van der Waals surface area contributed by atoms with Crippen molar-refractivity contribution in [3.8, 4) is 0 Å². The van der Waals surface area contributed by atoms with Crippen LogP contribution in [0.15, 0.2) is 0 Å². The predicted molar refractivity (Wildman–Crippen MR) is 70.1 cm³/mol. The summed E-state index contributed by atoms with van der Waals surface area (Å²) in [5.41, 5.74) is 0.993. The zero-order valence-corrected chi connectivity index (χ0v) is 12.0. The van der Waals surface area contributed by atoms with Crippen molar-refractivity contribution in [2.75, 3.05) is 13.2 Å². The maximum atomic E-state index is 6.15. The van der Waals surface area contributed by atoms with Gasteiger partial charge in [-0.1, -0.05) is 20.8 Å². The maximum absolute atomic E-state index is 6.15. The Bertz CT molecular complexity index is 344. The topological polar surface area (TPSA) is 18.5 Å². The van der Waals surface area contributed by atoms with E-state index in [1.165, 1.54) is 32.1 Å². The van der Waals surface area contributed by atoms with Crippen LogP contribution in [-0.4, -0.2) is 19.0 Å². The lowest BCUT2D eigenvalue weighted by Crippen LogP contribution is -2.64. The molecule has 18 heavy (non-hydrogen) atoms. The molecule has 0 N–H and O–H groups in total. The van der Waals surface area contributed by atoms with Crippen LogP contribution in [0.3, 0.4) is 0 Å². The SMILES string of the molecule is CC(C)(C)C12CC3CC(C1)C1(OCCO1)C(C3)C2. The van der Waals surface area contributed by atoms with E-state index in [0.717, 1.165) is 19.1 Å².